The Labute approximate surface area is 213 Å². The van der Waals surface area contributed by atoms with Gasteiger partial charge in [0.15, 0.2) is 0 Å². The molecule has 1 atom stereocenters. The molecule has 2 amide bonds. The van der Waals surface area contributed by atoms with Gasteiger partial charge in [-0.2, -0.15) is 0 Å². The van der Waals surface area contributed by atoms with Crippen molar-refractivity contribution < 1.29 is 14.0 Å². The molecule has 36 heavy (non-hydrogen) atoms. The van der Waals surface area contributed by atoms with Crippen molar-refractivity contribution in [2.24, 2.45) is 0 Å². The van der Waals surface area contributed by atoms with Crippen LogP contribution in [0.2, 0.25) is 0 Å². The quantitative estimate of drug-likeness (QED) is 0.336. The van der Waals surface area contributed by atoms with Gasteiger partial charge in [-0.25, -0.2) is 4.39 Å². The van der Waals surface area contributed by atoms with E-state index in [0.29, 0.717) is 25.2 Å². The first-order valence-corrected chi connectivity index (χ1v) is 13.1. The van der Waals surface area contributed by atoms with E-state index in [1.807, 2.05) is 55.6 Å². The van der Waals surface area contributed by atoms with E-state index in [-0.39, 0.29) is 24.2 Å². The van der Waals surface area contributed by atoms with Gasteiger partial charge in [0.25, 0.3) is 5.91 Å². The lowest BCUT2D eigenvalue weighted by Gasteiger charge is -2.38. The van der Waals surface area contributed by atoms with Crippen LogP contribution in [0, 0.1) is 5.82 Å². The van der Waals surface area contributed by atoms with Crippen molar-refractivity contribution in [1.82, 2.24) is 14.4 Å². The fourth-order valence-electron chi connectivity index (χ4n) is 5.03. The minimum Gasteiger partial charge on any atom is -0.348 e. The van der Waals surface area contributed by atoms with E-state index < -0.39 is 6.04 Å². The summed E-state index contributed by atoms with van der Waals surface area (Å²) >= 11 is 0. The van der Waals surface area contributed by atoms with E-state index in [9.17, 15) is 14.0 Å². The molecule has 0 spiro atoms. The van der Waals surface area contributed by atoms with E-state index in [1.165, 1.54) is 30.5 Å². The molecular formula is C30H36FN3O2. The second kappa shape index (κ2) is 12.0. The highest BCUT2D eigenvalue weighted by atomic mass is 19.1. The van der Waals surface area contributed by atoms with E-state index in [0.717, 1.165) is 30.5 Å². The lowest BCUT2D eigenvalue weighted by molar-refractivity contribution is -0.134. The van der Waals surface area contributed by atoms with E-state index in [2.05, 4.69) is 11.5 Å². The van der Waals surface area contributed by atoms with Gasteiger partial charge in [-0.15, -0.1) is 0 Å². The number of aromatic nitrogens is 1. The molecule has 0 saturated carbocycles. The molecule has 1 aliphatic heterocycles. The highest BCUT2D eigenvalue weighted by Crippen LogP contribution is 2.33. The number of benzene rings is 2. The summed E-state index contributed by atoms with van der Waals surface area (Å²) in [6, 6.07) is 17.8. The summed E-state index contributed by atoms with van der Waals surface area (Å²) in [4.78, 5) is 30.5. The van der Waals surface area contributed by atoms with Crippen LogP contribution in [0.25, 0.3) is 0 Å². The molecule has 0 fully saturated rings. The first-order chi connectivity index (χ1) is 17.5. The Morgan fingerprint density at radius 2 is 1.78 bits per heavy atom. The zero-order valence-electron chi connectivity index (χ0n) is 21.3. The Balaban J connectivity index is 1.52. The summed E-state index contributed by atoms with van der Waals surface area (Å²) in [5, 5.41) is 0. The van der Waals surface area contributed by atoms with E-state index in [1.54, 1.807) is 15.9 Å². The zero-order valence-corrected chi connectivity index (χ0v) is 21.3. The minimum atomic E-state index is -0.391. The van der Waals surface area contributed by atoms with Crippen molar-refractivity contribution in [1.29, 1.82) is 0 Å². The minimum absolute atomic E-state index is 0.00253. The molecule has 0 saturated heterocycles. The second-order valence-electron chi connectivity index (χ2n) is 9.55. The molecule has 4 rings (SSSR count). The number of aryl methyl sites for hydroxylation is 1. The number of rotatable bonds is 10. The maximum absolute atomic E-state index is 14.1. The SMILES string of the molecule is CCCCCc1ccc(C(=O)N(CCC)CC(=O)N2CCn3cccc3C2c2cccc(F)c2)cc1. The van der Waals surface area contributed by atoms with Crippen LogP contribution in [-0.2, 0) is 17.8 Å². The number of halogens is 1. The number of carbonyl (C=O) groups is 2. The van der Waals surface area contributed by atoms with Crippen molar-refractivity contribution in [3.63, 3.8) is 0 Å². The van der Waals surface area contributed by atoms with Crippen molar-refractivity contribution >= 4 is 11.8 Å². The van der Waals surface area contributed by atoms with Crippen molar-refractivity contribution in [2.75, 3.05) is 19.6 Å². The van der Waals surface area contributed by atoms with Crippen LogP contribution < -0.4 is 0 Å². The van der Waals surface area contributed by atoms with Crippen molar-refractivity contribution in [3.05, 3.63) is 95.1 Å². The van der Waals surface area contributed by atoms with Crippen LogP contribution >= 0.6 is 0 Å². The summed E-state index contributed by atoms with van der Waals surface area (Å²) in [7, 11) is 0. The van der Waals surface area contributed by atoms with Crippen LogP contribution in [0.15, 0.2) is 66.9 Å². The molecule has 0 aliphatic carbocycles. The first-order valence-electron chi connectivity index (χ1n) is 13.1. The van der Waals surface area contributed by atoms with Gasteiger partial charge >= 0.3 is 0 Å². The maximum Gasteiger partial charge on any atom is 0.254 e. The van der Waals surface area contributed by atoms with Gasteiger partial charge < -0.3 is 14.4 Å². The van der Waals surface area contributed by atoms with Crippen LogP contribution in [0.3, 0.4) is 0 Å². The third kappa shape index (κ3) is 5.86. The topological polar surface area (TPSA) is 45.6 Å². The van der Waals surface area contributed by atoms with Crippen LogP contribution in [0.1, 0.15) is 72.8 Å². The monoisotopic (exact) mass is 489 g/mol. The summed E-state index contributed by atoms with van der Waals surface area (Å²) < 4.78 is 16.2. The van der Waals surface area contributed by atoms with Crippen LogP contribution in [0.4, 0.5) is 4.39 Å². The fraction of sp³-hybridized carbons (Fsp3) is 0.400. The molecule has 3 aromatic rings. The number of carbonyl (C=O) groups excluding carboxylic acids is 2. The normalized spacial score (nSPS) is 15.0. The van der Waals surface area contributed by atoms with Gasteiger partial charge in [0, 0.05) is 37.1 Å². The standard InChI is InChI=1S/C30H36FN3O2/c1-3-5-6-9-23-13-15-24(16-14-23)30(36)33(17-4-2)22-28(35)34-20-19-32-18-8-12-27(32)29(34)25-10-7-11-26(31)21-25/h7-8,10-16,18,21,29H,3-6,9,17,19-20,22H2,1-2H3. The molecule has 2 aromatic carbocycles. The van der Waals surface area contributed by atoms with Gasteiger partial charge in [-0.3, -0.25) is 9.59 Å². The highest BCUT2D eigenvalue weighted by Gasteiger charge is 2.33. The highest BCUT2D eigenvalue weighted by molar-refractivity contribution is 5.96. The number of fused-ring (bicyclic) bond motifs is 1. The van der Waals surface area contributed by atoms with Crippen LogP contribution in [-0.4, -0.2) is 45.8 Å². The van der Waals surface area contributed by atoms with Crippen molar-refractivity contribution in [2.45, 2.75) is 58.5 Å². The smallest absolute Gasteiger partial charge is 0.254 e. The Kier molecular flexibility index (Phi) is 8.57. The third-order valence-corrected chi connectivity index (χ3v) is 6.90. The molecule has 2 heterocycles. The van der Waals surface area contributed by atoms with E-state index in [4.69, 9.17) is 0 Å². The molecule has 0 radical (unpaired) electrons. The molecule has 6 heteroatoms. The number of unbranched alkanes of at least 4 members (excludes halogenated alkanes) is 2. The maximum atomic E-state index is 14.1. The van der Waals surface area contributed by atoms with Gasteiger partial charge in [0.1, 0.15) is 12.4 Å². The summed E-state index contributed by atoms with van der Waals surface area (Å²) in [6.45, 7) is 5.86. The third-order valence-electron chi connectivity index (χ3n) is 6.90. The number of hydrogen-bond donors (Lipinski definition) is 0. The zero-order chi connectivity index (χ0) is 25.5. The van der Waals surface area contributed by atoms with Gasteiger partial charge in [-0.1, -0.05) is 51.0 Å². The Bertz CT molecular complexity index is 1170. The Morgan fingerprint density at radius 1 is 0.972 bits per heavy atom. The van der Waals surface area contributed by atoms with Gasteiger partial charge in [0.2, 0.25) is 5.91 Å². The van der Waals surface area contributed by atoms with Gasteiger partial charge in [0.05, 0.1) is 6.04 Å². The summed E-state index contributed by atoms with van der Waals surface area (Å²) in [6.07, 6.45) is 7.28. The lowest BCUT2D eigenvalue weighted by Crippen LogP contribution is -2.48. The largest absolute Gasteiger partial charge is 0.348 e. The fourth-order valence-corrected chi connectivity index (χ4v) is 5.03. The molecular weight excluding hydrogens is 453 g/mol. The van der Waals surface area contributed by atoms with E-state index >= 15 is 0 Å². The number of hydrogen-bond acceptors (Lipinski definition) is 2. The predicted molar refractivity (Wildman–Crippen MR) is 140 cm³/mol. The Hall–Kier alpha value is -3.41. The average Bonchev–Trinajstić information content (AvgIpc) is 3.37. The second-order valence-corrected chi connectivity index (χ2v) is 9.55. The number of amides is 2. The molecule has 0 N–H and O–H groups in total. The van der Waals surface area contributed by atoms with Crippen molar-refractivity contribution in [3.8, 4) is 0 Å². The predicted octanol–water partition coefficient (Wildman–Crippen LogP) is 5.84. The molecule has 1 aliphatic rings. The molecule has 1 aromatic heterocycles. The first kappa shape index (κ1) is 25.7. The van der Waals surface area contributed by atoms with Crippen LogP contribution in [0.5, 0.6) is 0 Å². The summed E-state index contributed by atoms with van der Waals surface area (Å²) in [5.41, 5.74) is 3.51. The average molecular weight is 490 g/mol. The Morgan fingerprint density at radius 3 is 2.50 bits per heavy atom. The molecule has 5 nitrogen and oxygen atoms in total. The molecule has 0 bridgehead atoms. The lowest BCUT2D eigenvalue weighted by atomic mass is 9.99. The number of nitrogens with zero attached hydrogens (tertiary/aromatic N) is 3. The molecule has 1 unspecified atom stereocenters. The summed E-state index contributed by atoms with van der Waals surface area (Å²) in [5.74, 6) is -0.591. The van der Waals surface area contributed by atoms with Gasteiger partial charge in [-0.05, 0) is 66.8 Å². The molecule has 190 valence electrons.